The zero-order valence-corrected chi connectivity index (χ0v) is 15.4. The van der Waals surface area contributed by atoms with Crippen LogP contribution in [0.2, 0.25) is 0 Å². The Morgan fingerprint density at radius 1 is 0.957 bits per heavy atom. The maximum Gasteiger partial charge on any atom is 0.0553 e. The summed E-state index contributed by atoms with van der Waals surface area (Å²) in [4.78, 5) is 7.54. The summed E-state index contributed by atoms with van der Waals surface area (Å²) in [7, 11) is 4.34. The highest BCUT2D eigenvalue weighted by atomic mass is 32.2. The van der Waals surface area contributed by atoms with Gasteiger partial charge >= 0.3 is 0 Å². The third-order valence-corrected chi connectivity index (χ3v) is 5.75. The summed E-state index contributed by atoms with van der Waals surface area (Å²) in [5.41, 5.74) is 2.94. The minimum Gasteiger partial charge on any atom is -0.339 e. The van der Waals surface area contributed by atoms with E-state index in [1.54, 1.807) is 0 Å². The van der Waals surface area contributed by atoms with Crippen LogP contribution in [0.3, 0.4) is 0 Å². The molecule has 2 aromatic rings. The molecule has 0 N–H and O–H groups in total. The second-order valence-corrected chi connectivity index (χ2v) is 8.11. The average Bonchev–Trinajstić information content (AvgIpc) is 2.54. The zero-order valence-electron chi connectivity index (χ0n) is 14.5. The lowest BCUT2D eigenvalue weighted by atomic mass is 9.86. The third-order valence-electron chi connectivity index (χ3n) is 4.62. The first-order valence-corrected chi connectivity index (χ1v) is 9.12. The van der Waals surface area contributed by atoms with Crippen LogP contribution in [0, 0.1) is 5.41 Å². The van der Waals surface area contributed by atoms with Gasteiger partial charge in [-0.25, -0.2) is 0 Å². The van der Waals surface area contributed by atoms with E-state index in [1.165, 1.54) is 27.6 Å². The number of anilines is 2. The first kappa shape index (κ1) is 16.4. The van der Waals surface area contributed by atoms with Crippen molar-refractivity contribution < 1.29 is 0 Å². The average molecular weight is 327 g/mol. The van der Waals surface area contributed by atoms with Gasteiger partial charge in [0.25, 0.3) is 0 Å². The van der Waals surface area contributed by atoms with Crippen LogP contribution in [0.15, 0.2) is 58.3 Å². The molecule has 1 unspecified atom stereocenters. The first-order valence-electron chi connectivity index (χ1n) is 8.30. The van der Waals surface area contributed by atoms with Crippen LogP contribution in [-0.4, -0.2) is 32.1 Å². The van der Waals surface area contributed by atoms with Crippen molar-refractivity contribution in [2.45, 2.75) is 30.1 Å². The lowest BCUT2D eigenvalue weighted by Gasteiger charge is -2.40. The molecule has 23 heavy (non-hydrogen) atoms. The van der Waals surface area contributed by atoms with Gasteiger partial charge in [0.1, 0.15) is 0 Å². The molecule has 0 amide bonds. The summed E-state index contributed by atoms with van der Waals surface area (Å²) in [6.45, 7) is 6.84. The Morgan fingerprint density at radius 2 is 1.48 bits per heavy atom. The lowest BCUT2D eigenvalue weighted by Crippen LogP contribution is -2.40. The minimum atomic E-state index is 0.256. The highest BCUT2D eigenvalue weighted by Gasteiger charge is 2.31. The smallest absolute Gasteiger partial charge is 0.0553 e. The Hall–Kier alpha value is -1.45. The van der Waals surface area contributed by atoms with Crippen molar-refractivity contribution in [1.29, 1.82) is 0 Å². The topological polar surface area (TPSA) is 6.48 Å². The lowest BCUT2D eigenvalue weighted by molar-refractivity contribution is 0.218. The fourth-order valence-electron chi connectivity index (χ4n) is 3.37. The van der Waals surface area contributed by atoms with Gasteiger partial charge in [0.2, 0.25) is 0 Å². The number of rotatable bonds is 5. The quantitative estimate of drug-likeness (QED) is 0.739. The summed E-state index contributed by atoms with van der Waals surface area (Å²) in [6.07, 6.45) is 1.17. The van der Waals surface area contributed by atoms with Gasteiger partial charge < -0.3 is 9.80 Å². The molecule has 3 heteroatoms. The molecule has 0 aromatic heterocycles. The van der Waals surface area contributed by atoms with Gasteiger partial charge in [0.15, 0.2) is 0 Å². The first-order chi connectivity index (χ1) is 11.0. The molecule has 1 heterocycles. The van der Waals surface area contributed by atoms with Gasteiger partial charge in [0, 0.05) is 22.9 Å². The molecule has 0 bridgehead atoms. The van der Waals surface area contributed by atoms with E-state index in [-0.39, 0.29) is 5.41 Å². The van der Waals surface area contributed by atoms with Gasteiger partial charge in [-0.3, -0.25) is 0 Å². The van der Waals surface area contributed by atoms with Crippen LogP contribution in [0.5, 0.6) is 0 Å². The predicted molar refractivity (Wildman–Crippen MR) is 101 cm³/mol. The normalized spacial score (nSPS) is 16.0. The maximum atomic E-state index is 2.52. The molecule has 0 saturated carbocycles. The summed E-state index contributed by atoms with van der Waals surface area (Å²) < 4.78 is 0. The van der Waals surface area contributed by atoms with E-state index >= 15 is 0 Å². The van der Waals surface area contributed by atoms with Crippen LogP contribution >= 0.6 is 11.8 Å². The van der Waals surface area contributed by atoms with Gasteiger partial charge in [-0.15, -0.1) is 0 Å². The van der Waals surface area contributed by atoms with Gasteiger partial charge in [-0.05, 0) is 50.2 Å². The van der Waals surface area contributed by atoms with E-state index in [9.17, 15) is 0 Å². The second-order valence-electron chi connectivity index (χ2n) is 7.03. The predicted octanol–water partition coefficient (Wildman–Crippen LogP) is 5.27. The van der Waals surface area contributed by atoms with Crippen LogP contribution in [0.1, 0.15) is 20.3 Å². The van der Waals surface area contributed by atoms with Crippen LogP contribution in [0.4, 0.5) is 11.4 Å². The second kappa shape index (κ2) is 6.58. The molecule has 2 nitrogen and oxygen atoms in total. The van der Waals surface area contributed by atoms with Crippen molar-refractivity contribution >= 4 is 23.1 Å². The number of para-hydroxylation sites is 2. The maximum absolute atomic E-state index is 2.52. The molecular weight excluding hydrogens is 300 g/mol. The van der Waals surface area contributed by atoms with E-state index in [1.807, 2.05) is 11.8 Å². The fourth-order valence-corrected chi connectivity index (χ4v) is 4.47. The van der Waals surface area contributed by atoms with E-state index < -0.39 is 0 Å². The molecule has 3 rings (SSSR count). The van der Waals surface area contributed by atoms with Crippen LogP contribution in [0.25, 0.3) is 0 Å². The Labute approximate surface area is 144 Å². The van der Waals surface area contributed by atoms with Gasteiger partial charge in [-0.1, -0.05) is 49.9 Å². The molecule has 0 saturated heterocycles. The van der Waals surface area contributed by atoms with Crippen molar-refractivity contribution in [3.8, 4) is 0 Å². The molecule has 2 aromatic carbocycles. The molecule has 0 spiro atoms. The summed E-state index contributed by atoms with van der Waals surface area (Å²) in [5.74, 6) is 0. The van der Waals surface area contributed by atoms with Crippen LogP contribution < -0.4 is 4.90 Å². The van der Waals surface area contributed by atoms with Gasteiger partial charge in [-0.2, -0.15) is 0 Å². The molecule has 122 valence electrons. The van der Waals surface area contributed by atoms with Gasteiger partial charge in [0.05, 0.1) is 11.4 Å². The monoisotopic (exact) mass is 326 g/mol. The van der Waals surface area contributed by atoms with E-state index in [4.69, 9.17) is 0 Å². The number of benzene rings is 2. The Bertz CT molecular complexity index is 637. The Kier molecular flexibility index (Phi) is 4.69. The SMILES string of the molecule is CCC(C)(CN(C)C)CN1c2ccccc2Sc2ccccc21. The highest BCUT2D eigenvalue weighted by Crippen LogP contribution is 2.48. The molecule has 0 radical (unpaired) electrons. The summed E-state index contributed by atoms with van der Waals surface area (Å²) >= 11 is 1.88. The van der Waals surface area contributed by atoms with Crippen molar-refractivity contribution in [3.63, 3.8) is 0 Å². The molecule has 1 aliphatic rings. The zero-order chi connectivity index (χ0) is 16.4. The van der Waals surface area contributed by atoms with Crippen molar-refractivity contribution in [2.75, 3.05) is 32.1 Å². The molecule has 1 atom stereocenters. The number of fused-ring (bicyclic) bond motifs is 2. The fraction of sp³-hybridized carbons (Fsp3) is 0.400. The number of nitrogens with zero attached hydrogens (tertiary/aromatic N) is 2. The molecule has 0 fully saturated rings. The largest absolute Gasteiger partial charge is 0.339 e. The minimum absolute atomic E-state index is 0.256. The molecule has 0 aliphatic carbocycles. The third kappa shape index (κ3) is 3.41. The van der Waals surface area contributed by atoms with Crippen molar-refractivity contribution in [3.05, 3.63) is 48.5 Å². The van der Waals surface area contributed by atoms with Crippen LogP contribution in [-0.2, 0) is 0 Å². The summed E-state index contributed by atoms with van der Waals surface area (Å²) in [5, 5.41) is 0. The molecule has 1 aliphatic heterocycles. The Morgan fingerprint density at radius 3 is 1.96 bits per heavy atom. The Balaban J connectivity index is 2.01. The van der Waals surface area contributed by atoms with Crippen molar-refractivity contribution in [2.24, 2.45) is 5.41 Å². The summed E-state index contributed by atoms with van der Waals surface area (Å²) in [6, 6.07) is 17.5. The number of hydrogen-bond acceptors (Lipinski definition) is 3. The number of hydrogen-bond donors (Lipinski definition) is 0. The van der Waals surface area contributed by atoms with E-state index in [2.05, 4.69) is 86.3 Å². The van der Waals surface area contributed by atoms with Crippen molar-refractivity contribution in [1.82, 2.24) is 4.90 Å². The highest BCUT2D eigenvalue weighted by molar-refractivity contribution is 7.99. The van der Waals surface area contributed by atoms with E-state index in [0.29, 0.717) is 0 Å². The van der Waals surface area contributed by atoms with E-state index in [0.717, 1.165) is 13.1 Å². The standard InChI is InChI=1S/C20H26N2S/c1-5-20(2,14-21(3)4)15-22-16-10-6-8-12-18(16)23-19-13-9-7-11-17(19)22/h6-13H,5,14-15H2,1-4H3. The molecular formula is C20H26N2S.